The molecule has 3 aromatic rings. The molecule has 1 fully saturated rings. The lowest BCUT2D eigenvalue weighted by atomic mass is 10.2. The van der Waals surface area contributed by atoms with Crippen LogP contribution in [0.25, 0.3) is 11.4 Å². The minimum Gasteiger partial charge on any atom is -0.343 e. The van der Waals surface area contributed by atoms with E-state index < -0.39 is 0 Å². The summed E-state index contributed by atoms with van der Waals surface area (Å²) in [5, 5.41) is 4.14. The zero-order chi connectivity index (χ0) is 19.5. The molecule has 2 aromatic heterocycles. The maximum absolute atomic E-state index is 12.5. The van der Waals surface area contributed by atoms with E-state index in [9.17, 15) is 4.79 Å². The molecule has 0 aliphatic carbocycles. The SMILES string of the molecule is O=C(Nc1cc(Cl)nc(Cl)c1)N1CCN(c2nc(-c3ccccc3)ns2)CC1. The van der Waals surface area contributed by atoms with Crippen LogP contribution >= 0.6 is 34.7 Å². The number of nitrogens with one attached hydrogen (secondary N) is 1. The van der Waals surface area contributed by atoms with E-state index in [0.29, 0.717) is 31.9 Å². The second kappa shape index (κ2) is 8.30. The summed E-state index contributed by atoms with van der Waals surface area (Å²) < 4.78 is 4.45. The standard InChI is InChI=1S/C18H16Cl2N6OS/c19-14-10-13(11-15(20)22-14)21-17(27)25-6-8-26(9-7-25)18-23-16(24-28-18)12-4-2-1-3-5-12/h1-5,10-11H,6-9H2,(H,21,22,27). The number of pyridine rings is 1. The topological polar surface area (TPSA) is 74.2 Å². The molecular weight excluding hydrogens is 419 g/mol. The van der Waals surface area contributed by atoms with E-state index in [2.05, 4.69) is 24.6 Å². The van der Waals surface area contributed by atoms with E-state index >= 15 is 0 Å². The van der Waals surface area contributed by atoms with E-state index in [0.717, 1.165) is 16.5 Å². The predicted octanol–water partition coefficient (Wildman–Crippen LogP) is 4.26. The number of amides is 2. The Morgan fingerprint density at radius 2 is 1.68 bits per heavy atom. The zero-order valence-corrected chi connectivity index (χ0v) is 17.0. The molecule has 2 amide bonds. The highest BCUT2D eigenvalue weighted by molar-refractivity contribution is 7.09. The number of hydrogen-bond donors (Lipinski definition) is 1. The molecule has 1 aliphatic heterocycles. The van der Waals surface area contributed by atoms with Gasteiger partial charge in [-0.1, -0.05) is 53.5 Å². The molecule has 1 aromatic carbocycles. The molecule has 1 N–H and O–H groups in total. The smallest absolute Gasteiger partial charge is 0.321 e. The number of anilines is 2. The molecule has 0 spiro atoms. The summed E-state index contributed by atoms with van der Waals surface area (Å²) in [4.78, 5) is 24.9. The highest BCUT2D eigenvalue weighted by Crippen LogP contribution is 2.25. The summed E-state index contributed by atoms with van der Waals surface area (Å²) in [6.07, 6.45) is 0. The van der Waals surface area contributed by atoms with Gasteiger partial charge in [-0.2, -0.15) is 9.36 Å². The summed E-state index contributed by atoms with van der Waals surface area (Å²) in [6, 6.07) is 12.8. The summed E-state index contributed by atoms with van der Waals surface area (Å²) in [7, 11) is 0. The van der Waals surface area contributed by atoms with Crippen molar-refractivity contribution < 1.29 is 4.79 Å². The Morgan fingerprint density at radius 1 is 1.00 bits per heavy atom. The van der Waals surface area contributed by atoms with Gasteiger partial charge in [-0.05, 0) is 12.1 Å². The highest BCUT2D eigenvalue weighted by atomic mass is 35.5. The summed E-state index contributed by atoms with van der Waals surface area (Å²) in [5.41, 5.74) is 1.52. The number of halogens is 2. The second-order valence-corrected chi connectivity index (χ2v) is 7.68. The van der Waals surface area contributed by atoms with Gasteiger partial charge in [0.1, 0.15) is 10.3 Å². The van der Waals surface area contributed by atoms with Crippen molar-refractivity contribution in [3.8, 4) is 11.4 Å². The third-order valence-corrected chi connectivity index (χ3v) is 5.46. The molecule has 28 heavy (non-hydrogen) atoms. The third-order valence-electron chi connectivity index (χ3n) is 4.30. The van der Waals surface area contributed by atoms with Gasteiger partial charge in [0.15, 0.2) is 5.82 Å². The number of carbonyl (C=O) groups is 1. The molecule has 4 rings (SSSR count). The van der Waals surface area contributed by atoms with Crippen LogP contribution in [0.3, 0.4) is 0 Å². The number of nitrogens with zero attached hydrogens (tertiary/aromatic N) is 5. The van der Waals surface area contributed by atoms with Crippen molar-refractivity contribution in [3.05, 3.63) is 52.8 Å². The van der Waals surface area contributed by atoms with Crippen LogP contribution in [0.2, 0.25) is 10.3 Å². The molecule has 1 aliphatic rings. The van der Waals surface area contributed by atoms with Gasteiger partial charge >= 0.3 is 6.03 Å². The van der Waals surface area contributed by atoms with Gasteiger partial charge in [0.05, 0.1) is 0 Å². The van der Waals surface area contributed by atoms with E-state index in [-0.39, 0.29) is 16.3 Å². The van der Waals surface area contributed by atoms with Crippen molar-refractivity contribution in [2.45, 2.75) is 0 Å². The Labute approximate surface area is 176 Å². The van der Waals surface area contributed by atoms with Crippen LogP contribution in [0.15, 0.2) is 42.5 Å². The largest absolute Gasteiger partial charge is 0.343 e. The number of aromatic nitrogens is 3. The van der Waals surface area contributed by atoms with Crippen LogP contribution in [-0.4, -0.2) is 51.5 Å². The molecule has 10 heteroatoms. The number of benzene rings is 1. The molecule has 3 heterocycles. The molecule has 0 bridgehead atoms. The fourth-order valence-electron chi connectivity index (χ4n) is 2.89. The van der Waals surface area contributed by atoms with Gasteiger partial charge in [-0.3, -0.25) is 0 Å². The van der Waals surface area contributed by atoms with E-state index in [1.165, 1.54) is 11.5 Å². The van der Waals surface area contributed by atoms with Crippen LogP contribution < -0.4 is 10.2 Å². The van der Waals surface area contributed by atoms with Crippen LogP contribution in [0.5, 0.6) is 0 Å². The first-order valence-electron chi connectivity index (χ1n) is 8.61. The van der Waals surface area contributed by atoms with Gasteiger partial charge in [0, 0.05) is 49.0 Å². The fourth-order valence-corrected chi connectivity index (χ4v) is 4.09. The van der Waals surface area contributed by atoms with Crippen molar-refractivity contribution in [2.24, 2.45) is 0 Å². The van der Waals surface area contributed by atoms with Crippen molar-refractivity contribution >= 4 is 51.6 Å². The van der Waals surface area contributed by atoms with Crippen LogP contribution in [0, 0.1) is 0 Å². The average Bonchev–Trinajstić information content (AvgIpc) is 3.18. The average molecular weight is 435 g/mol. The van der Waals surface area contributed by atoms with Gasteiger partial charge in [0.25, 0.3) is 0 Å². The lowest BCUT2D eigenvalue weighted by Crippen LogP contribution is -2.50. The Balaban J connectivity index is 1.35. The molecule has 1 saturated heterocycles. The van der Waals surface area contributed by atoms with E-state index in [1.807, 2.05) is 30.3 Å². The summed E-state index contributed by atoms with van der Waals surface area (Å²) in [6.45, 7) is 2.54. The Morgan fingerprint density at radius 3 is 2.36 bits per heavy atom. The Bertz CT molecular complexity index is 955. The van der Waals surface area contributed by atoms with Crippen molar-refractivity contribution in [1.29, 1.82) is 0 Å². The minimum absolute atomic E-state index is 0.194. The first kappa shape index (κ1) is 18.9. The van der Waals surface area contributed by atoms with Crippen LogP contribution in [0.1, 0.15) is 0 Å². The lowest BCUT2D eigenvalue weighted by Gasteiger charge is -2.34. The van der Waals surface area contributed by atoms with Gasteiger partial charge < -0.3 is 15.1 Å². The van der Waals surface area contributed by atoms with Crippen molar-refractivity contribution in [3.63, 3.8) is 0 Å². The minimum atomic E-state index is -0.194. The Kier molecular flexibility index (Phi) is 5.61. The monoisotopic (exact) mass is 434 g/mol. The number of rotatable bonds is 3. The number of urea groups is 1. The zero-order valence-electron chi connectivity index (χ0n) is 14.7. The maximum atomic E-state index is 12.5. The first-order valence-corrected chi connectivity index (χ1v) is 10.1. The van der Waals surface area contributed by atoms with Crippen LogP contribution in [-0.2, 0) is 0 Å². The Hall–Kier alpha value is -2.42. The molecule has 7 nitrogen and oxygen atoms in total. The molecule has 0 unspecified atom stereocenters. The number of piperazine rings is 1. The molecule has 144 valence electrons. The molecule has 0 saturated carbocycles. The number of carbonyl (C=O) groups excluding carboxylic acids is 1. The quantitative estimate of drug-likeness (QED) is 0.623. The lowest BCUT2D eigenvalue weighted by molar-refractivity contribution is 0.208. The fraction of sp³-hybridized carbons (Fsp3) is 0.222. The van der Waals surface area contributed by atoms with Crippen molar-refractivity contribution in [2.75, 3.05) is 36.4 Å². The van der Waals surface area contributed by atoms with E-state index in [1.54, 1.807) is 17.0 Å². The normalized spacial score (nSPS) is 14.2. The number of hydrogen-bond acceptors (Lipinski definition) is 6. The summed E-state index contributed by atoms with van der Waals surface area (Å²) >= 11 is 13.1. The predicted molar refractivity (Wildman–Crippen MR) is 112 cm³/mol. The van der Waals surface area contributed by atoms with Gasteiger partial charge in [-0.15, -0.1) is 0 Å². The molecule has 0 radical (unpaired) electrons. The van der Waals surface area contributed by atoms with Gasteiger partial charge in [0.2, 0.25) is 5.13 Å². The first-order chi connectivity index (χ1) is 13.6. The highest BCUT2D eigenvalue weighted by Gasteiger charge is 2.23. The van der Waals surface area contributed by atoms with Crippen LogP contribution in [0.4, 0.5) is 15.6 Å². The molecule has 0 atom stereocenters. The van der Waals surface area contributed by atoms with Gasteiger partial charge in [-0.25, -0.2) is 9.78 Å². The van der Waals surface area contributed by atoms with E-state index in [4.69, 9.17) is 23.2 Å². The second-order valence-electron chi connectivity index (χ2n) is 6.17. The maximum Gasteiger partial charge on any atom is 0.321 e. The summed E-state index contributed by atoms with van der Waals surface area (Å²) in [5.74, 6) is 0.729. The third kappa shape index (κ3) is 4.35. The van der Waals surface area contributed by atoms with Crippen molar-refractivity contribution in [1.82, 2.24) is 19.2 Å². The molecular formula is C18H16Cl2N6OS.